The molecule has 0 aliphatic heterocycles. The van der Waals surface area contributed by atoms with Crippen molar-refractivity contribution in [2.24, 2.45) is 0 Å². The molecule has 8 heteroatoms. The Balaban J connectivity index is 0.00000455. The van der Waals surface area contributed by atoms with Crippen LogP contribution in [0, 0.1) is 29.3 Å². The molecular formula is C49H34FN5OPt. The maximum Gasteiger partial charge on any atom is 2.00 e. The number of halogens is 1. The van der Waals surface area contributed by atoms with Crippen LogP contribution in [0.4, 0.5) is 4.39 Å². The third-order valence-corrected chi connectivity index (χ3v) is 10.0. The molecule has 3 aromatic heterocycles. The number of ether oxygens (including phenoxy) is 1. The Hall–Kier alpha value is -6.61. The second-order valence-electron chi connectivity index (χ2n) is 14.7. The van der Waals surface area contributed by atoms with E-state index >= 15 is 4.39 Å². The van der Waals surface area contributed by atoms with E-state index in [9.17, 15) is 5.26 Å². The van der Waals surface area contributed by atoms with Crippen LogP contribution < -0.4 is 4.74 Å². The van der Waals surface area contributed by atoms with Gasteiger partial charge in [0.15, 0.2) is 0 Å². The van der Waals surface area contributed by atoms with Gasteiger partial charge < -0.3 is 13.9 Å². The zero-order valence-electron chi connectivity index (χ0n) is 31.3. The number of nitriles is 1. The molecule has 0 N–H and O–H groups in total. The van der Waals surface area contributed by atoms with E-state index in [1.54, 1.807) is 30.7 Å². The van der Waals surface area contributed by atoms with E-state index in [2.05, 4.69) is 87.5 Å². The van der Waals surface area contributed by atoms with Gasteiger partial charge in [-0.25, -0.2) is 4.98 Å². The molecule has 0 aliphatic carbocycles. The number of hydrogen-bond donors (Lipinski definition) is 0. The Labute approximate surface area is 344 Å². The monoisotopic (exact) mass is 922 g/mol. The van der Waals surface area contributed by atoms with Gasteiger partial charge in [-0.15, -0.1) is 35.2 Å². The van der Waals surface area contributed by atoms with Crippen LogP contribution in [0.1, 0.15) is 31.9 Å². The van der Waals surface area contributed by atoms with Crippen LogP contribution >= 0.6 is 0 Å². The standard InChI is InChI=1S/C49H34FN5O.Pt/c1-49(2,3)36-23-24-52-47(27-36)55-44-22-17-32(29-51)25-41(44)40-20-19-37(28-45(40)55)56-46-26-35(18-21-42(46)50)43-30-54(31-53-43)48-38(33-11-6-4-7-12-33)15-10-16-39(48)34-13-8-5-9-14-34;/h4-25,27,30-31H,1-3H3;/q-2;+2. The number of imidazole rings is 1. The Kier molecular flexibility index (Phi) is 9.91. The number of para-hydroxylation sites is 1. The van der Waals surface area contributed by atoms with Crippen molar-refractivity contribution in [2.45, 2.75) is 26.2 Å². The van der Waals surface area contributed by atoms with Gasteiger partial charge in [0.25, 0.3) is 0 Å². The molecule has 3 heterocycles. The van der Waals surface area contributed by atoms with Crippen LogP contribution in [0.15, 0.2) is 152 Å². The van der Waals surface area contributed by atoms with E-state index in [0.717, 1.165) is 49.8 Å². The summed E-state index contributed by atoms with van der Waals surface area (Å²) >= 11 is 0. The van der Waals surface area contributed by atoms with Crippen LogP contribution in [-0.2, 0) is 26.5 Å². The van der Waals surface area contributed by atoms with Gasteiger partial charge in [-0.2, -0.15) is 11.3 Å². The Morgan fingerprint density at radius 2 is 1.46 bits per heavy atom. The molecule has 0 amide bonds. The van der Waals surface area contributed by atoms with E-state index in [4.69, 9.17) is 14.7 Å². The molecule has 0 fully saturated rings. The van der Waals surface area contributed by atoms with Crippen molar-refractivity contribution in [3.05, 3.63) is 181 Å². The van der Waals surface area contributed by atoms with Gasteiger partial charge >= 0.3 is 21.1 Å². The fraction of sp³-hybridized carbons (Fsp3) is 0.0816. The minimum atomic E-state index is -0.568. The van der Waals surface area contributed by atoms with E-state index in [0.29, 0.717) is 33.9 Å². The first-order valence-electron chi connectivity index (χ1n) is 18.3. The summed E-state index contributed by atoms with van der Waals surface area (Å²) in [5.41, 5.74) is 9.53. The summed E-state index contributed by atoms with van der Waals surface area (Å²) in [6.07, 6.45) is 5.52. The number of benzene rings is 6. The molecule has 278 valence electrons. The number of nitrogens with zero attached hydrogens (tertiary/aromatic N) is 5. The van der Waals surface area contributed by atoms with Gasteiger partial charge in [0.05, 0.1) is 35.2 Å². The Bertz CT molecular complexity index is 2900. The van der Waals surface area contributed by atoms with Gasteiger partial charge in [0.1, 0.15) is 5.82 Å². The van der Waals surface area contributed by atoms with Crippen molar-refractivity contribution in [3.63, 3.8) is 0 Å². The molecule has 0 saturated carbocycles. The van der Waals surface area contributed by atoms with Gasteiger partial charge in [-0.1, -0.05) is 111 Å². The average Bonchev–Trinajstić information content (AvgIpc) is 3.84. The predicted molar refractivity (Wildman–Crippen MR) is 220 cm³/mol. The molecule has 6 nitrogen and oxygen atoms in total. The van der Waals surface area contributed by atoms with Crippen molar-refractivity contribution in [3.8, 4) is 62.6 Å². The van der Waals surface area contributed by atoms with E-state index in [1.807, 2.05) is 76.0 Å². The van der Waals surface area contributed by atoms with Gasteiger partial charge in [0.2, 0.25) is 0 Å². The quantitative estimate of drug-likeness (QED) is 0.149. The number of rotatable bonds is 7. The molecule has 0 unspecified atom stereocenters. The summed E-state index contributed by atoms with van der Waals surface area (Å²) in [4.78, 5) is 9.51. The van der Waals surface area contributed by atoms with Crippen LogP contribution in [0.2, 0.25) is 0 Å². The Morgan fingerprint density at radius 3 is 2.14 bits per heavy atom. The topological polar surface area (TPSA) is 68.7 Å². The predicted octanol–water partition coefficient (Wildman–Crippen LogP) is 12.1. The summed E-state index contributed by atoms with van der Waals surface area (Å²) in [7, 11) is 0. The van der Waals surface area contributed by atoms with Crippen LogP contribution in [0.25, 0.3) is 66.8 Å². The first kappa shape index (κ1) is 37.3. The minimum absolute atomic E-state index is 0. The van der Waals surface area contributed by atoms with Crippen molar-refractivity contribution in [1.29, 1.82) is 5.26 Å². The average molecular weight is 923 g/mol. The summed E-state index contributed by atoms with van der Waals surface area (Å²) < 4.78 is 25.8. The zero-order chi connectivity index (χ0) is 38.4. The molecule has 9 aromatic rings. The van der Waals surface area contributed by atoms with Crippen molar-refractivity contribution < 1.29 is 30.2 Å². The molecule has 0 bridgehead atoms. The van der Waals surface area contributed by atoms with Gasteiger partial charge in [-0.05, 0) is 64.0 Å². The molecule has 6 aromatic carbocycles. The first-order valence-corrected chi connectivity index (χ1v) is 18.3. The summed E-state index contributed by atoms with van der Waals surface area (Å²) in [6.45, 7) is 6.47. The maximum atomic E-state index is 15.5. The summed E-state index contributed by atoms with van der Waals surface area (Å²) in [5, 5.41) is 11.4. The maximum absolute atomic E-state index is 15.5. The van der Waals surface area contributed by atoms with E-state index < -0.39 is 5.82 Å². The molecule has 0 saturated heterocycles. The fourth-order valence-electron chi connectivity index (χ4n) is 7.20. The van der Waals surface area contributed by atoms with Crippen molar-refractivity contribution >= 4 is 21.8 Å². The van der Waals surface area contributed by atoms with E-state index in [-0.39, 0.29) is 32.2 Å². The molecule has 0 spiro atoms. The van der Waals surface area contributed by atoms with Crippen molar-refractivity contribution in [2.75, 3.05) is 0 Å². The third-order valence-electron chi connectivity index (χ3n) is 10.0. The first-order chi connectivity index (χ1) is 27.2. The zero-order valence-corrected chi connectivity index (χ0v) is 33.5. The normalized spacial score (nSPS) is 11.4. The number of pyridine rings is 1. The van der Waals surface area contributed by atoms with Gasteiger partial charge in [0, 0.05) is 34.3 Å². The molecule has 9 rings (SSSR count). The van der Waals surface area contributed by atoms with Gasteiger partial charge in [-0.3, -0.25) is 9.37 Å². The van der Waals surface area contributed by atoms with Crippen LogP contribution in [0.3, 0.4) is 0 Å². The second kappa shape index (κ2) is 15.1. The van der Waals surface area contributed by atoms with Crippen LogP contribution in [0.5, 0.6) is 11.5 Å². The van der Waals surface area contributed by atoms with Crippen molar-refractivity contribution in [1.82, 2.24) is 19.1 Å². The SMILES string of the molecule is CC(C)(C)c1ccnc(-n2c3[c-]c(Oc4[c-]c(-c5cn(-c6c(-c7ccccc7)cccc6-c6ccccc6)cn5)ccc4F)ccc3c3cc(C#N)ccc32)c1.[Pt+2]. The second-order valence-corrected chi connectivity index (χ2v) is 14.7. The smallest absolute Gasteiger partial charge is 0.500 e. The molecular weight excluding hydrogens is 889 g/mol. The van der Waals surface area contributed by atoms with Crippen LogP contribution in [-0.4, -0.2) is 19.1 Å². The number of hydrogen-bond acceptors (Lipinski definition) is 4. The Morgan fingerprint density at radius 1 is 0.737 bits per heavy atom. The molecule has 0 aliphatic rings. The number of aromatic nitrogens is 4. The number of fused-ring (bicyclic) bond motifs is 3. The summed E-state index contributed by atoms with van der Waals surface area (Å²) in [5.74, 6) is 0.358. The molecule has 57 heavy (non-hydrogen) atoms. The fourth-order valence-corrected chi connectivity index (χ4v) is 7.20. The molecule has 0 radical (unpaired) electrons. The summed E-state index contributed by atoms with van der Waals surface area (Å²) in [6, 6.07) is 52.0. The largest absolute Gasteiger partial charge is 2.00 e. The minimum Gasteiger partial charge on any atom is -0.500 e. The third kappa shape index (κ3) is 7.05. The molecule has 0 atom stereocenters. The van der Waals surface area contributed by atoms with E-state index in [1.165, 1.54) is 6.07 Å².